The molecule has 8 heteroatoms. The van der Waals surface area contributed by atoms with Crippen LogP contribution in [0.2, 0.25) is 0 Å². The van der Waals surface area contributed by atoms with Gasteiger partial charge >= 0.3 is 0 Å². The largest absolute Gasteiger partial charge is 0.323 e. The standard InChI is InChI=1S/C13H11BrN2O3S2/c1-8-6-12(20-13(8)14)21(18,19)16-7-11(17)15-9-4-2-3-5-10(9)16/h2-6H,7H2,1H3,(H,15,17). The second-order valence-electron chi connectivity index (χ2n) is 4.60. The number of hydrogen-bond donors (Lipinski definition) is 1. The summed E-state index contributed by atoms with van der Waals surface area (Å²) >= 11 is 4.48. The Morgan fingerprint density at radius 3 is 2.71 bits per heavy atom. The van der Waals surface area contributed by atoms with Crippen molar-refractivity contribution in [2.45, 2.75) is 11.1 Å². The number of nitrogens with one attached hydrogen (secondary N) is 1. The van der Waals surface area contributed by atoms with Crippen molar-refractivity contribution < 1.29 is 13.2 Å². The highest BCUT2D eigenvalue weighted by atomic mass is 79.9. The van der Waals surface area contributed by atoms with Crippen LogP contribution in [0.1, 0.15) is 5.56 Å². The zero-order valence-corrected chi connectivity index (χ0v) is 14.2. The summed E-state index contributed by atoms with van der Waals surface area (Å²) in [7, 11) is -3.75. The molecule has 110 valence electrons. The highest BCUT2D eigenvalue weighted by molar-refractivity contribution is 9.11. The Kier molecular flexibility index (Phi) is 3.54. The molecule has 1 aliphatic heterocycles. The van der Waals surface area contributed by atoms with Gasteiger partial charge in [0.2, 0.25) is 5.91 Å². The van der Waals surface area contributed by atoms with Crippen molar-refractivity contribution in [3.8, 4) is 0 Å². The lowest BCUT2D eigenvalue weighted by Crippen LogP contribution is -2.41. The molecule has 1 aliphatic rings. The summed E-state index contributed by atoms with van der Waals surface area (Å²) in [6.07, 6.45) is 0. The predicted molar refractivity (Wildman–Crippen MR) is 86.4 cm³/mol. The summed E-state index contributed by atoms with van der Waals surface area (Å²) < 4.78 is 27.7. The van der Waals surface area contributed by atoms with Gasteiger partial charge in [-0.3, -0.25) is 9.10 Å². The van der Waals surface area contributed by atoms with Gasteiger partial charge in [0.15, 0.2) is 0 Å². The van der Waals surface area contributed by atoms with Crippen LogP contribution in [0.3, 0.4) is 0 Å². The minimum Gasteiger partial charge on any atom is -0.323 e. The molecular weight excluding hydrogens is 376 g/mol. The maximum Gasteiger partial charge on any atom is 0.274 e. The van der Waals surface area contributed by atoms with E-state index < -0.39 is 10.0 Å². The lowest BCUT2D eigenvalue weighted by Gasteiger charge is -2.29. The number of sulfonamides is 1. The molecular formula is C13H11BrN2O3S2. The van der Waals surface area contributed by atoms with Crippen LogP contribution in [0.5, 0.6) is 0 Å². The summed E-state index contributed by atoms with van der Waals surface area (Å²) in [5.74, 6) is -0.343. The number of benzene rings is 1. The van der Waals surface area contributed by atoms with Crippen LogP contribution >= 0.6 is 27.3 Å². The number of carbonyl (C=O) groups is 1. The Morgan fingerprint density at radius 2 is 2.05 bits per heavy atom. The van der Waals surface area contributed by atoms with Crippen LogP contribution in [0, 0.1) is 6.92 Å². The predicted octanol–water partition coefficient (Wildman–Crippen LogP) is 2.97. The summed E-state index contributed by atoms with van der Waals surface area (Å²) in [5, 5.41) is 2.68. The van der Waals surface area contributed by atoms with E-state index in [0.29, 0.717) is 11.4 Å². The van der Waals surface area contributed by atoms with E-state index >= 15 is 0 Å². The molecule has 0 aliphatic carbocycles. The molecule has 2 heterocycles. The van der Waals surface area contributed by atoms with E-state index in [9.17, 15) is 13.2 Å². The molecule has 0 saturated heterocycles. The number of para-hydroxylation sites is 2. The first-order valence-corrected chi connectivity index (χ1v) is 9.12. The SMILES string of the molecule is Cc1cc(S(=O)(=O)N2CC(=O)Nc3ccccc32)sc1Br. The summed E-state index contributed by atoms with van der Waals surface area (Å²) in [6.45, 7) is 1.62. The number of thiophene rings is 1. The van der Waals surface area contributed by atoms with Crippen LogP contribution in [0.4, 0.5) is 11.4 Å². The Morgan fingerprint density at radius 1 is 1.33 bits per heavy atom. The molecule has 3 rings (SSSR count). The average Bonchev–Trinajstić information content (AvgIpc) is 2.78. The first-order chi connectivity index (χ1) is 9.89. The molecule has 2 aromatic rings. The van der Waals surface area contributed by atoms with Crippen molar-refractivity contribution in [1.29, 1.82) is 0 Å². The molecule has 5 nitrogen and oxygen atoms in total. The van der Waals surface area contributed by atoms with Crippen molar-refractivity contribution >= 4 is 54.6 Å². The Hall–Kier alpha value is -1.38. The monoisotopic (exact) mass is 386 g/mol. The molecule has 0 atom stereocenters. The number of halogens is 1. The third-order valence-electron chi connectivity index (χ3n) is 3.11. The maximum absolute atomic E-state index is 12.8. The number of hydrogen-bond acceptors (Lipinski definition) is 4. The first-order valence-electron chi connectivity index (χ1n) is 6.07. The first kappa shape index (κ1) is 14.6. The number of anilines is 2. The molecule has 0 spiro atoms. The van der Waals surface area contributed by atoms with Crippen LogP contribution in [0.15, 0.2) is 38.3 Å². The van der Waals surface area contributed by atoms with Gasteiger partial charge in [-0.1, -0.05) is 12.1 Å². The zero-order valence-electron chi connectivity index (χ0n) is 11.0. The molecule has 0 saturated carbocycles. The third kappa shape index (κ3) is 2.47. The number of carbonyl (C=O) groups excluding carboxylic acids is 1. The van der Waals surface area contributed by atoms with E-state index in [4.69, 9.17) is 0 Å². The van der Waals surface area contributed by atoms with E-state index in [2.05, 4.69) is 21.2 Å². The van der Waals surface area contributed by atoms with Gasteiger partial charge in [-0.15, -0.1) is 11.3 Å². The van der Waals surface area contributed by atoms with Crippen LogP contribution in [-0.2, 0) is 14.8 Å². The lowest BCUT2D eigenvalue weighted by atomic mass is 10.2. The van der Waals surface area contributed by atoms with Gasteiger partial charge in [-0.05, 0) is 46.6 Å². The Bertz CT molecular complexity index is 810. The van der Waals surface area contributed by atoms with Crippen molar-refractivity contribution in [3.05, 3.63) is 39.7 Å². The quantitative estimate of drug-likeness (QED) is 0.862. The summed E-state index contributed by atoms with van der Waals surface area (Å²) in [4.78, 5) is 11.8. The molecule has 1 N–H and O–H groups in total. The fourth-order valence-electron chi connectivity index (χ4n) is 2.08. The lowest BCUT2D eigenvalue weighted by molar-refractivity contribution is -0.115. The van der Waals surface area contributed by atoms with E-state index in [0.717, 1.165) is 25.0 Å². The van der Waals surface area contributed by atoms with Gasteiger partial charge in [-0.25, -0.2) is 8.42 Å². The third-order valence-corrected chi connectivity index (χ3v) is 7.46. The number of nitrogens with zero attached hydrogens (tertiary/aromatic N) is 1. The normalized spacial score (nSPS) is 14.8. The smallest absolute Gasteiger partial charge is 0.274 e. The second kappa shape index (κ2) is 5.11. The van der Waals surface area contributed by atoms with E-state index in [-0.39, 0.29) is 16.7 Å². The van der Waals surface area contributed by atoms with Gasteiger partial charge in [0, 0.05) is 0 Å². The fraction of sp³-hybridized carbons (Fsp3) is 0.154. The maximum atomic E-state index is 12.8. The molecule has 0 unspecified atom stereocenters. The van der Waals surface area contributed by atoms with Crippen molar-refractivity contribution in [1.82, 2.24) is 0 Å². The van der Waals surface area contributed by atoms with E-state index in [1.807, 2.05) is 6.92 Å². The minimum absolute atomic E-state index is 0.214. The fourth-order valence-corrected chi connectivity index (χ4v) is 5.86. The second-order valence-corrected chi connectivity index (χ2v) is 9.06. The van der Waals surface area contributed by atoms with Gasteiger partial charge in [0.1, 0.15) is 10.8 Å². The van der Waals surface area contributed by atoms with Gasteiger partial charge in [-0.2, -0.15) is 0 Å². The van der Waals surface area contributed by atoms with E-state index in [1.54, 1.807) is 30.3 Å². The van der Waals surface area contributed by atoms with E-state index in [1.165, 1.54) is 0 Å². The molecule has 1 aromatic carbocycles. The van der Waals surface area contributed by atoms with Crippen LogP contribution in [0.25, 0.3) is 0 Å². The average molecular weight is 387 g/mol. The molecule has 21 heavy (non-hydrogen) atoms. The van der Waals surface area contributed by atoms with Crippen LogP contribution < -0.4 is 9.62 Å². The molecule has 0 fully saturated rings. The molecule has 0 bridgehead atoms. The van der Waals surface area contributed by atoms with Gasteiger partial charge in [0.05, 0.1) is 15.2 Å². The number of rotatable bonds is 2. The highest BCUT2D eigenvalue weighted by Crippen LogP contribution is 2.37. The highest BCUT2D eigenvalue weighted by Gasteiger charge is 2.33. The number of aryl methyl sites for hydroxylation is 1. The minimum atomic E-state index is -3.75. The van der Waals surface area contributed by atoms with Crippen molar-refractivity contribution in [2.75, 3.05) is 16.2 Å². The van der Waals surface area contributed by atoms with Crippen molar-refractivity contribution in [3.63, 3.8) is 0 Å². The Balaban J connectivity index is 2.13. The Labute approximate surface area is 134 Å². The molecule has 1 aromatic heterocycles. The van der Waals surface area contributed by atoms with Gasteiger partial charge in [0.25, 0.3) is 10.0 Å². The van der Waals surface area contributed by atoms with Gasteiger partial charge < -0.3 is 5.32 Å². The summed E-state index contributed by atoms with van der Waals surface area (Å²) in [6, 6.07) is 8.47. The zero-order chi connectivity index (χ0) is 15.2. The van der Waals surface area contributed by atoms with Crippen LogP contribution in [-0.4, -0.2) is 20.9 Å². The molecule has 0 radical (unpaired) electrons. The number of fused-ring (bicyclic) bond motifs is 1. The summed E-state index contributed by atoms with van der Waals surface area (Å²) in [5.41, 5.74) is 1.84. The topological polar surface area (TPSA) is 66.5 Å². The molecule has 1 amide bonds. The van der Waals surface area contributed by atoms with Crippen molar-refractivity contribution in [2.24, 2.45) is 0 Å². The number of amides is 1.